The Morgan fingerprint density at radius 2 is 1.64 bits per heavy atom. The number of benzene rings is 2. The number of nitrogens with two attached hydrogens (primary N) is 1. The number of carbonyl (C=O) groups excluding carboxylic acids is 1. The normalized spacial score (nSPS) is 19.9. The standard InChI is InChI=1S/C21H24F2N4O/c1-26(2)20-13-27(12-18(20)14-3-5-15(22)6-4-14)21(28)19(24)11-25-17-9-7-16(23)8-10-17/h3-11,18,20,25H,12-13,24H2,1-2H3/b19-11-. The first kappa shape index (κ1) is 19.8. The number of hydrogen-bond acceptors (Lipinski definition) is 4. The molecule has 1 heterocycles. The van der Waals surface area contributed by atoms with E-state index >= 15 is 0 Å². The van der Waals surface area contributed by atoms with E-state index in [4.69, 9.17) is 5.73 Å². The third-order valence-electron chi connectivity index (χ3n) is 5.02. The number of likely N-dealkylation sites (tertiary alicyclic amines) is 1. The molecule has 1 aliphatic rings. The Balaban J connectivity index is 1.71. The molecule has 0 saturated carbocycles. The highest BCUT2D eigenvalue weighted by Crippen LogP contribution is 2.31. The topological polar surface area (TPSA) is 61.6 Å². The SMILES string of the molecule is CN(C)C1CN(C(=O)/C(N)=C/Nc2ccc(F)cc2)CC1c1ccc(F)cc1. The summed E-state index contributed by atoms with van der Waals surface area (Å²) in [6.45, 7) is 1.03. The Bertz CT molecular complexity index is 850. The van der Waals surface area contributed by atoms with Gasteiger partial charge in [0.2, 0.25) is 0 Å². The largest absolute Gasteiger partial charge is 0.393 e. The first-order valence-electron chi connectivity index (χ1n) is 9.04. The summed E-state index contributed by atoms with van der Waals surface area (Å²) in [5, 5.41) is 2.91. The number of carbonyl (C=O) groups is 1. The minimum absolute atomic E-state index is 0.0670. The fraction of sp³-hybridized carbons (Fsp3) is 0.286. The van der Waals surface area contributed by atoms with Crippen LogP contribution in [0.5, 0.6) is 0 Å². The Kier molecular flexibility index (Phi) is 5.94. The minimum Gasteiger partial charge on any atom is -0.393 e. The summed E-state index contributed by atoms with van der Waals surface area (Å²) in [5.74, 6) is -0.823. The van der Waals surface area contributed by atoms with Crippen LogP contribution in [0.15, 0.2) is 60.4 Å². The summed E-state index contributed by atoms with van der Waals surface area (Å²) in [6, 6.07) is 12.3. The molecule has 0 radical (unpaired) electrons. The van der Waals surface area contributed by atoms with Crippen LogP contribution >= 0.6 is 0 Å². The molecule has 5 nitrogen and oxygen atoms in total. The van der Waals surface area contributed by atoms with E-state index < -0.39 is 0 Å². The van der Waals surface area contributed by atoms with Crippen LogP contribution in [0.1, 0.15) is 11.5 Å². The average Bonchev–Trinajstić information content (AvgIpc) is 3.13. The molecule has 0 bridgehead atoms. The molecule has 1 saturated heterocycles. The maximum atomic E-state index is 13.3. The van der Waals surface area contributed by atoms with Gasteiger partial charge < -0.3 is 20.9 Å². The molecule has 2 aromatic carbocycles. The minimum atomic E-state index is -0.336. The summed E-state index contributed by atoms with van der Waals surface area (Å²) in [7, 11) is 3.93. The van der Waals surface area contributed by atoms with Gasteiger partial charge in [-0.15, -0.1) is 0 Å². The van der Waals surface area contributed by atoms with Gasteiger partial charge in [-0.25, -0.2) is 8.78 Å². The number of amides is 1. The predicted molar refractivity (Wildman–Crippen MR) is 105 cm³/mol. The van der Waals surface area contributed by atoms with Crippen molar-refractivity contribution in [2.75, 3.05) is 32.5 Å². The molecule has 1 aliphatic heterocycles. The Hall–Kier alpha value is -2.93. The molecule has 1 fully saturated rings. The van der Waals surface area contributed by atoms with Crippen molar-refractivity contribution in [3.63, 3.8) is 0 Å². The van der Waals surface area contributed by atoms with Gasteiger partial charge in [0.1, 0.15) is 17.3 Å². The van der Waals surface area contributed by atoms with E-state index in [0.717, 1.165) is 5.56 Å². The maximum Gasteiger partial charge on any atom is 0.271 e. The molecule has 148 valence electrons. The molecule has 2 aromatic rings. The summed E-state index contributed by atoms with van der Waals surface area (Å²) in [6.07, 6.45) is 1.42. The van der Waals surface area contributed by atoms with Crippen molar-refractivity contribution in [3.05, 3.63) is 77.6 Å². The van der Waals surface area contributed by atoms with Gasteiger partial charge in [-0.05, 0) is 56.1 Å². The number of anilines is 1. The van der Waals surface area contributed by atoms with Gasteiger partial charge in [0, 0.05) is 36.9 Å². The molecule has 1 amide bonds. The first-order valence-corrected chi connectivity index (χ1v) is 9.04. The number of nitrogens with zero attached hydrogens (tertiary/aromatic N) is 2. The van der Waals surface area contributed by atoms with Crippen molar-refractivity contribution in [2.45, 2.75) is 12.0 Å². The summed E-state index contributed by atoms with van der Waals surface area (Å²) >= 11 is 0. The molecular formula is C21H24F2N4O. The van der Waals surface area contributed by atoms with Crippen LogP contribution in [0.3, 0.4) is 0 Å². The van der Waals surface area contributed by atoms with Gasteiger partial charge in [-0.2, -0.15) is 0 Å². The van der Waals surface area contributed by atoms with Gasteiger partial charge in [0.25, 0.3) is 5.91 Å². The summed E-state index contributed by atoms with van der Waals surface area (Å²) in [5.41, 5.74) is 7.66. The van der Waals surface area contributed by atoms with E-state index in [-0.39, 0.29) is 35.2 Å². The molecule has 2 atom stereocenters. The zero-order chi connectivity index (χ0) is 20.3. The van der Waals surface area contributed by atoms with Gasteiger partial charge in [0.05, 0.1) is 0 Å². The van der Waals surface area contributed by atoms with Crippen molar-refractivity contribution >= 4 is 11.6 Å². The zero-order valence-electron chi connectivity index (χ0n) is 15.9. The lowest BCUT2D eigenvalue weighted by Gasteiger charge is -2.25. The van der Waals surface area contributed by atoms with Crippen molar-refractivity contribution < 1.29 is 13.6 Å². The highest BCUT2D eigenvalue weighted by atomic mass is 19.1. The van der Waals surface area contributed by atoms with Crippen LogP contribution in [0.2, 0.25) is 0 Å². The van der Waals surface area contributed by atoms with Gasteiger partial charge in [0.15, 0.2) is 0 Å². The molecule has 2 unspecified atom stereocenters. The predicted octanol–water partition coefficient (Wildman–Crippen LogP) is 2.73. The fourth-order valence-corrected chi connectivity index (χ4v) is 3.46. The second kappa shape index (κ2) is 8.39. The van der Waals surface area contributed by atoms with E-state index in [1.165, 1.54) is 30.5 Å². The molecule has 3 rings (SSSR count). The van der Waals surface area contributed by atoms with Gasteiger partial charge in [-0.1, -0.05) is 12.1 Å². The second-order valence-electron chi connectivity index (χ2n) is 7.15. The van der Waals surface area contributed by atoms with Crippen molar-refractivity contribution in [2.24, 2.45) is 5.73 Å². The van der Waals surface area contributed by atoms with E-state index in [0.29, 0.717) is 18.8 Å². The first-order chi connectivity index (χ1) is 13.3. The van der Waals surface area contributed by atoms with E-state index in [9.17, 15) is 13.6 Å². The van der Waals surface area contributed by atoms with E-state index in [1.807, 2.05) is 14.1 Å². The van der Waals surface area contributed by atoms with Gasteiger partial charge in [-0.3, -0.25) is 4.79 Å². The third kappa shape index (κ3) is 4.48. The Morgan fingerprint density at radius 1 is 1.07 bits per heavy atom. The molecule has 3 N–H and O–H groups in total. The number of likely N-dealkylation sites (N-methyl/N-ethyl adjacent to an activating group) is 1. The number of rotatable bonds is 5. The Labute approximate surface area is 163 Å². The summed E-state index contributed by atoms with van der Waals surface area (Å²) in [4.78, 5) is 16.5. The van der Waals surface area contributed by atoms with Crippen molar-refractivity contribution in [1.29, 1.82) is 0 Å². The lowest BCUT2D eigenvalue weighted by Crippen LogP contribution is -2.37. The van der Waals surface area contributed by atoms with Crippen LogP contribution < -0.4 is 11.1 Å². The lowest BCUT2D eigenvalue weighted by molar-refractivity contribution is -0.126. The number of nitrogens with one attached hydrogen (secondary N) is 1. The van der Waals surface area contributed by atoms with Crippen molar-refractivity contribution in [1.82, 2.24) is 9.80 Å². The highest BCUT2D eigenvalue weighted by molar-refractivity contribution is 5.93. The van der Waals surface area contributed by atoms with Crippen LogP contribution in [-0.4, -0.2) is 48.9 Å². The van der Waals surface area contributed by atoms with Crippen LogP contribution in [-0.2, 0) is 4.79 Å². The maximum absolute atomic E-state index is 13.3. The highest BCUT2D eigenvalue weighted by Gasteiger charge is 2.37. The van der Waals surface area contributed by atoms with Gasteiger partial charge >= 0.3 is 0 Å². The fourth-order valence-electron chi connectivity index (χ4n) is 3.46. The lowest BCUT2D eigenvalue weighted by atomic mass is 9.94. The van der Waals surface area contributed by atoms with Crippen LogP contribution in [0.25, 0.3) is 0 Å². The molecule has 0 aromatic heterocycles. The molecule has 0 spiro atoms. The van der Waals surface area contributed by atoms with E-state index in [2.05, 4.69) is 10.2 Å². The molecule has 28 heavy (non-hydrogen) atoms. The Morgan fingerprint density at radius 3 is 2.21 bits per heavy atom. The number of halogens is 2. The molecular weight excluding hydrogens is 362 g/mol. The second-order valence-corrected chi connectivity index (χ2v) is 7.15. The molecule has 7 heteroatoms. The third-order valence-corrected chi connectivity index (χ3v) is 5.02. The number of hydrogen-bond donors (Lipinski definition) is 2. The average molecular weight is 386 g/mol. The summed E-state index contributed by atoms with van der Waals surface area (Å²) < 4.78 is 26.2. The van der Waals surface area contributed by atoms with E-state index in [1.54, 1.807) is 29.2 Å². The quantitative estimate of drug-likeness (QED) is 0.776. The zero-order valence-corrected chi connectivity index (χ0v) is 15.9. The van der Waals surface area contributed by atoms with Crippen LogP contribution in [0.4, 0.5) is 14.5 Å². The monoisotopic (exact) mass is 386 g/mol. The molecule has 0 aliphatic carbocycles. The van der Waals surface area contributed by atoms with Crippen molar-refractivity contribution in [3.8, 4) is 0 Å². The smallest absolute Gasteiger partial charge is 0.271 e. The van der Waals surface area contributed by atoms with Crippen LogP contribution in [0, 0.1) is 11.6 Å².